The van der Waals surface area contributed by atoms with Gasteiger partial charge >= 0.3 is 0 Å². The molecule has 2 aromatic carbocycles. The first kappa shape index (κ1) is 16.8. The molecule has 0 amide bonds. The van der Waals surface area contributed by atoms with Gasteiger partial charge in [-0.3, -0.25) is 10.9 Å². The highest BCUT2D eigenvalue weighted by Crippen LogP contribution is 2.38. The zero-order valence-electron chi connectivity index (χ0n) is 15.1. The van der Waals surface area contributed by atoms with Crippen molar-refractivity contribution >= 4 is 22.8 Å². The van der Waals surface area contributed by atoms with Gasteiger partial charge in [0.1, 0.15) is 0 Å². The Balaban J connectivity index is 1.48. The molecule has 4 rings (SSSR count). The highest BCUT2D eigenvalue weighted by Gasteiger charge is 2.36. The van der Waals surface area contributed by atoms with Crippen LogP contribution in [0.4, 0.5) is 11.4 Å². The second-order valence-corrected chi connectivity index (χ2v) is 7.16. The fraction of sp³-hybridized carbons (Fsp3) is 0.364. The first-order chi connectivity index (χ1) is 12.9. The second kappa shape index (κ2) is 8.17. The van der Waals surface area contributed by atoms with Crippen LogP contribution in [-0.4, -0.2) is 11.4 Å². The van der Waals surface area contributed by atoms with E-state index in [1.54, 1.807) is 0 Å². The number of anilines is 2. The molecule has 4 nitrogen and oxygen atoms in total. The Morgan fingerprint density at radius 2 is 1.04 bits per heavy atom. The molecule has 0 aliphatic heterocycles. The summed E-state index contributed by atoms with van der Waals surface area (Å²) in [6.45, 7) is 0. The third kappa shape index (κ3) is 3.96. The number of nitrogens with one attached hydrogen (secondary N) is 2. The largest absolute Gasteiger partial charge is 0.279 e. The molecule has 0 heterocycles. The molecule has 2 fully saturated rings. The van der Waals surface area contributed by atoms with E-state index in [9.17, 15) is 0 Å². The van der Waals surface area contributed by atoms with Crippen LogP contribution in [0, 0.1) is 11.8 Å². The molecule has 2 aliphatic rings. The molecule has 2 aromatic rings. The van der Waals surface area contributed by atoms with Gasteiger partial charge in [-0.15, -0.1) is 0 Å². The minimum Gasteiger partial charge on any atom is -0.279 e. The van der Waals surface area contributed by atoms with Crippen molar-refractivity contribution in [3.63, 3.8) is 0 Å². The highest BCUT2D eigenvalue weighted by molar-refractivity contribution is 5.97. The summed E-state index contributed by atoms with van der Waals surface area (Å²) in [4.78, 5) is 0. The molecule has 0 spiro atoms. The van der Waals surface area contributed by atoms with Crippen molar-refractivity contribution in [2.45, 2.75) is 38.5 Å². The SMILES string of the molecule is c1ccc(N/N=C2\CCCC3/C(=N/Nc4ccccc4)CCCC23)cc1. The van der Waals surface area contributed by atoms with Crippen molar-refractivity contribution in [1.29, 1.82) is 0 Å². The third-order valence-corrected chi connectivity index (χ3v) is 5.44. The molecule has 2 N–H and O–H groups in total. The first-order valence-corrected chi connectivity index (χ1v) is 9.65. The second-order valence-electron chi connectivity index (χ2n) is 7.16. The standard InChI is InChI=1S/C22H26N4/c1-3-9-17(10-4-1)23-25-21-15-7-14-20-19(21)13-8-16-22(20)26-24-18-11-5-2-6-12-18/h1-6,9-12,19-20,23-24H,7-8,13-16H2/b25-21+,26-22+. The van der Waals surface area contributed by atoms with Crippen LogP contribution in [0.15, 0.2) is 70.9 Å². The van der Waals surface area contributed by atoms with E-state index in [0.29, 0.717) is 11.8 Å². The van der Waals surface area contributed by atoms with Gasteiger partial charge in [-0.25, -0.2) is 0 Å². The Morgan fingerprint density at radius 1 is 0.615 bits per heavy atom. The summed E-state index contributed by atoms with van der Waals surface area (Å²) >= 11 is 0. The summed E-state index contributed by atoms with van der Waals surface area (Å²) in [7, 11) is 0. The van der Waals surface area contributed by atoms with Crippen molar-refractivity contribution in [3.05, 3.63) is 60.7 Å². The molecule has 0 saturated heterocycles. The van der Waals surface area contributed by atoms with Gasteiger partial charge in [0.2, 0.25) is 0 Å². The topological polar surface area (TPSA) is 48.8 Å². The Labute approximate surface area is 155 Å². The maximum atomic E-state index is 4.78. The van der Waals surface area contributed by atoms with Crippen LogP contribution < -0.4 is 10.9 Å². The van der Waals surface area contributed by atoms with Crippen molar-refractivity contribution in [3.8, 4) is 0 Å². The van der Waals surface area contributed by atoms with Crippen LogP contribution in [0.3, 0.4) is 0 Å². The van der Waals surface area contributed by atoms with Gasteiger partial charge in [-0.2, -0.15) is 10.2 Å². The smallest absolute Gasteiger partial charge is 0.0561 e. The zero-order chi connectivity index (χ0) is 17.6. The van der Waals surface area contributed by atoms with Crippen LogP contribution in [0.2, 0.25) is 0 Å². The van der Waals surface area contributed by atoms with Gasteiger partial charge in [-0.1, -0.05) is 36.4 Å². The zero-order valence-corrected chi connectivity index (χ0v) is 15.1. The maximum absolute atomic E-state index is 4.78. The van der Waals surface area contributed by atoms with Crippen molar-refractivity contribution in [1.82, 2.24) is 0 Å². The maximum Gasteiger partial charge on any atom is 0.0561 e. The summed E-state index contributed by atoms with van der Waals surface area (Å²) in [5.74, 6) is 1.06. The molecule has 134 valence electrons. The third-order valence-electron chi connectivity index (χ3n) is 5.44. The van der Waals surface area contributed by atoms with E-state index >= 15 is 0 Å². The predicted molar refractivity (Wildman–Crippen MR) is 110 cm³/mol. The molecule has 2 unspecified atom stereocenters. The lowest BCUT2D eigenvalue weighted by Crippen LogP contribution is -2.37. The summed E-state index contributed by atoms with van der Waals surface area (Å²) in [6, 6.07) is 20.4. The average molecular weight is 346 g/mol. The lowest BCUT2D eigenvalue weighted by molar-refractivity contribution is 0.385. The van der Waals surface area contributed by atoms with Crippen LogP contribution in [0.25, 0.3) is 0 Å². The fourth-order valence-corrected chi connectivity index (χ4v) is 4.15. The van der Waals surface area contributed by atoms with Gasteiger partial charge < -0.3 is 0 Å². The summed E-state index contributed by atoms with van der Waals surface area (Å²) in [5, 5.41) is 9.56. The molecule has 0 bridgehead atoms. The Morgan fingerprint density at radius 3 is 1.46 bits per heavy atom. The average Bonchev–Trinajstić information content (AvgIpc) is 2.72. The predicted octanol–water partition coefficient (Wildman–Crippen LogP) is 5.52. The molecule has 4 heteroatoms. The number of hydrazone groups is 2. The Hall–Kier alpha value is -2.62. The minimum atomic E-state index is 0.532. The minimum absolute atomic E-state index is 0.532. The number of fused-ring (bicyclic) bond motifs is 1. The number of rotatable bonds is 4. The van der Waals surface area contributed by atoms with Crippen LogP contribution in [-0.2, 0) is 0 Å². The van der Waals surface area contributed by atoms with E-state index in [2.05, 4.69) is 35.1 Å². The number of hydrogen-bond donors (Lipinski definition) is 2. The summed E-state index contributed by atoms with van der Waals surface area (Å²) < 4.78 is 0. The quantitative estimate of drug-likeness (QED) is 0.716. The molecule has 0 radical (unpaired) electrons. The van der Waals surface area contributed by atoms with Gasteiger partial charge in [0, 0.05) is 23.3 Å². The molecule has 26 heavy (non-hydrogen) atoms. The van der Waals surface area contributed by atoms with Gasteiger partial charge in [0.05, 0.1) is 11.4 Å². The van der Waals surface area contributed by atoms with Crippen molar-refractivity contribution in [2.24, 2.45) is 22.0 Å². The van der Waals surface area contributed by atoms with Crippen molar-refractivity contribution in [2.75, 3.05) is 10.9 Å². The molecular formula is C22H26N4. The van der Waals surface area contributed by atoms with Gasteiger partial charge in [0.25, 0.3) is 0 Å². The summed E-state index contributed by atoms with van der Waals surface area (Å²) in [6.07, 6.45) is 7.04. The number of hydrogen-bond acceptors (Lipinski definition) is 4. The van der Waals surface area contributed by atoms with Crippen molar-refractivity contribution < 1.29 is 0 Å². The number of para-hydroxylation sites is 2. The van der Waals surface area contributed by atoms with E-state index in [1.165, 1.54) is 37.1 Å². The van der Waals surface area contributed by atoms with E-state index in [1.807, 2.05) is 36.4 Å². The van der Waals surface area contributed by atoms with E-state index in [-0.39, 0.29) is 0 Å². The Kier molecular flexibility index (Phi) is 5.29. The lowest BCUT2D eigenvalue weighted by Gasteiger charge is -2.37. The number of nitrogens with zero attached hydrogens (tertiary/aromatic N) is 2. The molecule has 2 atom stereocenters. The van der Waals surface area contributed by atoms with E-state index < -0.39 is 0 Å². The molecular weight excluding hydrogens is 320 g/mol. The van der Waals surface area contributed by atoms with Crippen LogP contribution >= 0.6 is 0 Å². The van der Waals surface area contributed by atoms with Gasteiger partial charge in [0.15, 0.2) is 0 Å². The first-order valence-electron chi connectivity index (χ1n) is 9.65. The van der Waals surface area contributed by atoms with E-state index in [0.717, 1.165) is 24.2 Å². The fourth-order valence-electron chi connectivity index (χ4n) is 4.15. The van der Waals surface area contributed by atoms with E-state index in [4.69, 9.17) is 10.2 Å². The molecule has 2 aliphatic carbocycles. The number of benzene rings is 2. The molecule has 2 saturated carbocycles. The highest BCUT2D eigenvalue weighted by atomic mass is 15.3. The lowest BCUT2D eigenvalue weighted by atomic mass is 9.69. The summed E-state index contributed by atoms with van der Waals surface area (Å²) in [5.41, 5.74) is 11.2. The van der Waals surface area contributed by atoms with Crippen LogP contribution in [0.5, 0.6) is 0 Å². The van der Waals surface area contributed by atoms with Crippen LogP contribution in [0.1, 0.15) is 38.5 Å². The Bertz CT molecular complexity index is 700. The van der Waals surface area contributed by atoms with Gasteiger partial charge in [-0.05, 0) is 62.8 Å². The monoisotopic (exact) mass is 346 g/mol. The molecule has 0 aromatic heterocycles. The normalized spacial score (nSPS) is 25.7.